The number of carbonyl (C=O) groups excluding carboxylic acids is 2. The molecule has 116 valence electrons. The molecule has 2 N–H and O–H groups in total. The van der Waals surface area contributed by atoms with Crippen LogP contribution in [0.3, 0.4) is 0 Å². The number of esters is 1. The highest BCUT2D eigenvalue weighted by Gasteiger charge is 2.14. The minimum Gasteiger partial charge on any atom is -0.465 e. The highest BCUT2D eigenvalue weighted by molar-refractivity contribution is 6.33. The van der Waals surface area contributed by atoms with Crippen molar-refractivity contribution in [3.63, 3.8) is 0 Å². The predicted octanol–water partition coefficient (Wildman–Crippen LogP) is 2.78. The van der Waals surface area contributed by atoms with Crippen molar-refractivity contribution in [2.24, 2.45) is 5.73 Å². The zero-order valence-electron chi connectivity index (χ0n) is 12.0. The molecule has 2 rings (SSSR count). The Kier molecular flexibility index (Phi) is 4.84. The highest BCUT2D eigenvalue weighted by atomic mass is 35.5. The summed E-state index contributed by atoms with van der Waals surface area (Å²) >= 11 is 5.96. The molecule has 0 unspecified atom stereocenters. The minimum atomic E-state index is -0.843. The van der Waals surface area contributed by atoms with Gasteiger partial charge in [0.05, 0.1) is 17.7 Å². The lowest BCUT2D eigenvalue weighted by molar-refractivity contribution is -0.114. The Bertz CT molecular complexity index is 846. The van der Waals surface area contributed by atoms with Gasteiger partial charge in [0.25, 0.3) is 5.91 Å². The van der Waals surface area contributed by atoms with Gasteiger partial charge in [0.15, 0.2) is 0 Å². The van der Waals surface area contributed by atoms with Gasteiger partial charge in [-0.15, -0.1) is 0 Å². The minimum absolute atomic E-state index is 0.204. The Morgan fingerprint density at radius 2 is 2.09 bits per heavy atom. The molecule has 0 bridgehead atoms. The number of ether oxygens (including phenoxy) is 1. The summed E-state index contributed by atoms with van der Waals surface area (Å²) in [4.78, 5) is 22.7. The maximum Gasteiger partial charge on any atom is 0.339 e. The van der Waals surface area contributed by atoms with Crippen molar-refractivity contribution in [3.05, 3.63) is 52.3 Å². The van der Waals surface area contributed by atoms with Crippen LogP contribution in [-0.2, 0) is 9.53 Å². The van der Waals surface area contributed by atoms with Crippen LogP contribution in [0.25, 0.3) is 17.4 Å². The van der Waals surface area contributed by atoms with Gasteiger partial charge in [-0.3, -0.25) is 4.79 Å². The van der Waals surface area contributed by atoms with E-state index in [4.69, 9.17) is 27.0 Å². The van der Waals surface area contributed by atoms with E-state index in [0.29, 0.717) is 11.3 Å². The smallest absolute Gasteiger partial charge is 0.339 e. The third kappa shape index (κ3) is 3.59. The maximum absolute atomic E-state index is 11.6. The van der Waals surface area contributed by atoms with Gasteiger partial charge in [-0.25, -0.2) is 4.79 Å². The van der Waals surface area contributed by atoms with Crippen molar-refractivity contribution in [1.29, 1.82) is 5.26 Å². The summed E-state index contributed by atoms with van der Waals surface area (Å²) in [5, 5.41) is 9.07. The SMILES string of the molecule is COC(=O)c1cc(-c2ccc(/C=C(/C#N)C(N)=O)o2)ccc1Cl. The first-order valence-electron chi connectivity index (χ1n) is 6.36. The second kappa shape index (κ2) is 6.81. The van der Waals surface area contributed by atoms with Gasteiger partial charge in [-0.1, -0.05) is 11.6 Å². The van der Waals surface area contributed by atoms with Crippen LogP contribution in [0, 0.1) is 11.3 Å². The number of hydrogen-bond donors (Lipinski definition) is 1. The largest absolute Gasteiger partial charge is 0.465 e. The quantitative estimate of drug-likeness (QED) is 0.527. The Hall–Kier alpha value is -3.04. The topological polar surface area (TPSA) is 106 Å². The van der Waals surface area contributed by atoms with E-state index in [0.717, 1.165) is 0 Å². The zero-order chi connectivity index (χ0) is 17.0. The van der Waals surface area contributed by atoms with Crippen molar-refractivity contribution >= 4 is 29.6 Å². The van der Waals surface area contributed by atoms with Crippen LogP contribution >= 0.6 is 11.6 Å². The summed E-state index contributed by atoms with van der Waals surface area (Å²) in [6.07, 6.45) is 1.24. The molecule has 0 saturated carbocycles. The summed E-state index contributed by atoms with van der Waals surface area (Å²) in [6.45, 7) is 0. The average Bonchev–Trinajstić information content (AvgIpc) is 3.00. The van der Waals surface area contributed by atoms with E-state index in [9.17, 15) is 9.59 Å². The number of halogens is 1. The summed E-state index contributed by atoms with van der Waals surface area (Å²) < 4.78 is 10.2. The van der Waals surface area contributed by atoms with Crippen LogP contribution in [0.1, 0.15) is 16.1 Å². The molecule has 23 heavy (non-hydrogen) atoms. The van der Waals surface area contributed by atoms with Gasteiger partial charge in [-0.2, -0.15) is 5.26 Å². The highest BCUT2D eigenvalue weighted by Crippen LogP contribution is 2.28. The fourth-order valence-corrected chi connectivity index (χ4v) is 2.03. The number of nitrogens with two attached hydrogens (primary N) is 1. The summed E-state index contributed by atoms with van der Waals surface area (Å²) in [5.41, 5.74) is 5.63. The van der Waals surface area contributed by atoms with Gasteiger partial charge in [0.2, 0.25) is 0 Å². The Morgan fingerprint density at radius 3 is 2.70 bits per heavy atom. The molecular weight excluding hydrogens is 320 g/mol. The first kappa shape index (κ1) is 16.3. The Morgan fingerprint density at radius 1 is 1.35 bits per heavy atom. The Balaban J connectivity index is 2.40. The molecule has 0 aliphatic rings. The molecule has 1 aromatic heterocycles. The molecule has 0 atom stereocenters. The van der Waals surface area contributed by atoms with Crippen molar-refractivity contribution in [1.82, 2.24) is 0 Å². The second-order valence-electron chi connectivity index (χ2n) is 4.42. The molecule has 1 heterocycles. The molecule has 1 amide bonds. The maximum atomic E-state index is 11.6. The summed E-state index contributed by atoms with van der Waals surface area (Å²) in [5.74, 6) is -0.696. The van der Waals surface area contributed by atoms with Crippen LogP contribution in [0.5, 0.6) is 0 Å². The van der Waals surface area contributed by atoms with Crippen molar-refractivity contribution in [3.8, 4) is 17.4 Å². The number of primary amides is 1. The number of carbonyl (C=O) groups is 2. The van der Waals surface area contributed by atoms with E-state index in [-0.39, 0.29) is 21.9 Å². The fraction of sp³-hybridized carbons (Fsp3) is 0.0625. The van der Waals surface area contributed by atoms with Crippen LogP contribution in [0.2, 0.25) is 5.02 Å². The van der Waals surface area contributed by atoms with Gasteiger partial charge in [-0.05, 0) is 30.3 Å². The van der Waals surface area contributed by atoms with E-state index >= 15 is 0 Å². The van der Waals surface area contributed by atoms with E-state index < -0.39 is 11.9 Å². The molecule has 0 aliphatic carbocycles. The molecule has 7 heteroatoms. The van der Waals surface area contributed by atoms with Crippen molar-refractivity contribution in [2.75, 3.05) is 7.11 Å². The van der Waals surface area contributed by atoms with Gasteiger partial charge >= 0.3 is 5.97 Å². The number of methoxy groups -OCH3 is 1. The van der Waals surface area contributed by atoms with E-state index in [1.807, 2.05) is 0 Å². The van der Waals surface area contributed by atoms with Crippen molar-refractivity contribution in [2.45, 2.75) is 0 Å². The lowest BCUT2D eigenvalue weighted by atomic mass is 10.1. The van der Waals surface area contributed by atoms with Crippen LogP contribution in [0.15, 0.2) is 40.3 Å². The summed E-state index contributed by atoms with van der Waals surface area (Å²) in [7, 11) is 1.26. The van der Waals surface area contributed by atoms with Crippen molar-refractivity contribution < 1.29 is 18.7 Å². The monoisotopic (exact) mass is 330 g/mol. The molecule has 0 radical (unpaired) electrons. The van der Waals surface area contributed by atoms with Crippen LogP contribution in [-0.4, -0.2) is 19.0 Å². The number of amides is 1. The molecule has 1 aromatic carbocycles. The molecule has 0 aliphatic heterocycles. The third-order valence-electron chi connectivity index (χ3n) is 2.96. The molecule has 0 saturated heterocycles. The van der Waals surface area contributed by atoms with E-state index in [1.54, 1.807) is 30.3 Å². The number of hydrogen-bond acceptors (Lipinski definition) is 5. The zero-order valence-corrected chi connectivity index (χ0v) is 12.8. The number of furan rings is 1. The number of rotatable bonds is 4. The summed E-state index contributed by atoms with van der Waals surface area (Å²) in [6, 6.07) is 9.63. The molecular formula is C16H11ClN2O4. The fourth-order valence-electron chi connectivity index (χ4n) is 1.83. The normalized spacial score (nSPS) is 10.9. The molecule has 0 spiro atoms. The third-order valence-corrected chi connectivity index (χ3v) is 3.29. The Labute approximate surface area is 136 Å². The number of benzene rings is 1. The average molecular weight is 331 g/mol. The van der Waals surface area contributed by atoms with E-state index in [2.05, 4.69) is 4.74 Å². The second-order valence-corrected chi connectivity index (χ2v) is 4.83. The standard InChI is InChI=1S/C16H11ClN2O4/c1-22-16(21)12-7-9(2-4-13(12)17)14-5-3-11(23-14)6-10(8-18)15(19)20/h2-7H,1H3,(H2,19,20)/b10-6-. The molecule has 2 aromatic rings. The lowest BCUT2D eigenvalue weighted by Crippen LogP contribution is -2.12. The first-order chi connectivity index (χ1) is 11.0. The number of nitrogens with zero attached hydrogens (tertiary/aromatic N) is 1. The van der Waals surface area contributed by atoms with E-state index in [1.165, 1.54) is 19.3 Å². The lowest BCUT2D eigenvalue weighted by Gasteiger charge is -2.04. The van der Waals surface area contributed by atoms with Gasteiger partial charge in [0.1, 0.15) is 23.2 Å². The predicted molar refractivity (Wildman–Crippen MR) is 83.3 cm³/mol. The van der Waals surface area contributed by atoms with Crippen LogP contribution < -0.4 is 5.73 Å². The van der Waals surface area contributed by atoms with Crippen LogP contribution in [0.4, 0.5) is 0 Å². The van der Waals surface area contributed by atoms with Gasteiger partial charge < -0.3 is 14.9 Å². The number of nitriles is 1. The molecule has 0 fully saturated rings. The first-order valence-corrected chi connectivity index (χ1v) is 6.73. The molecule has 6 nitrogen and oxygen atoms in total. The van der Waals surface area contributed by atoms with Gasteiger partial charge in [0, 0.05) is 11.6 Å².